The molecule has 1 aliphatic rings. The molecule has 1 aliphatic carbocycles. The monoisotopic (exact) mass is 268 g/mol. The molecule has 0 saturated carbocycles. The van der Waals surface area contributed by atoms with Crippen LogP contribution in [0.5, 0.6) is 0 Å². The van der Waals surface area contributed by atoms with E-state index in [2.05, 4.69) is 0 Å². The molecule has 1 aromatic heterocycles. The summed E-state index contributed by atoms with van der Waals surface area (Å²) in [5.74, 6) is -0.659. The minimum Gasteiger partial charge on any atom is -0.365 e. The molecule has 0 bridgehead atoms. The van der Waals surface area contributed by atoms with Crippen LogP contribution in [0.4, 0.5) is 0 Å². The average Bonchev–Trinajstić information content (AvgIpc) is 2.48. The largest absolute Gasteiger partial charge is 0.365 e. The quantitative estimate of drug-likeness (QED) is 0.902. The van der Waals surface area contributed by atoms with Gasteiger partial charge in [-0.2, -0.15) is 0 Å². The van der Waals surface area contributed by atoms with E-state index in [1.165, 1.54) is 0 Å². The number of pyridine rings is 1. The number of para-hydroxylation sites is 1. The van der Waals surface area contributed by atoms with Crippen molar-refractivity contribution in [3.63, 3.8) is 0 Å². The maximum atomic E-state index is 12.3. The maximum Gasteiger partial charge on any atom is 0.254 e. The Morgan fingerprint density at radius 1 is 1.10 bits per heavy atom. The van der Waals surface area contributed by atoms with E-state index >= 15 is 0 Å². The first-order chi connectivity index (χ1) is 9.68. The van der Waals surface area contributed by atoms with E-state index in [9.17, 15) is 9.59 Å². The van der Waals surface area contributed by atoms with Gasteiger partial charge in [-0.1, -0.05) is 18.2 Å². The molecule has 2 aromatic rings. The van der Waals surface area contributed by atoms with E-state index in [-0.39, 0.29) is 11.0 Å². The molecule has 1 aromatic carbocycles. The van der Waals surface area contributed by atoms with Crippen LogP contribution in [-0.2, 0) is 12.8 Å². The Bertz CT molecular complexity index is 717. The number of fused-ring (bicyclic) bond motifs is 1. The number of carbonyl (C=O) groups excluding carboxylic acids is 1. The van der Waals surface area contributed by atoms with Crippen molar-refractivity contribution in [1.82, 2.24) is 4.57 Å². The van der Waals surface area contributed by atoms with Crippen LogP contribution in [0, 0.1) is 0 Å². The number of benzene rings is 1. The molecule has 0 unspecified atom stereocenters. The molecule has 1 amide bonds. The van der Waals surface area contributed by atoms with Crippen molar-refractivity contribution in [2.75, 3.05) is 0 Å². The summed E-state index contributed by atoms with van der Waals surface area (Å²) in [6.45, 7) is 0. The van der Waals surface area contributed by atoms with Crippen LogP contribution >= 0.6 is 0 Å². The second kappa shape index (κ2) is 4.96. The van der Waals surface area contributed by atoms with Gasteiger partial charge in [-0.25, -0.2) is 0 Å². The molecule has 1 heterocycles. The third-order valence-corrected chi connectivity index (χ3v) is 3.81. The van der Waals surface area contributed by atoms with Gasteiger partial charge in [0.2, 0.25) is 0 Å². The number of nitrogens with two attached hydrogens (primary N) is 1. The number of aromatic nitrogens is 1. The van der Waals surface area contributed by atoms with E-state index in [1.807, 2.05) is 34.9 Å². The fourth-order valence-corrected chi connectivity index (χ4v) is 2.82. The van der Waals surface area contributed by atoms with Gasteiger partial charge in [-0.05, 0) is 37.8 Å². The van der Waals surface area contributed by atoms with Crippen molar-refractivity contribution < 1.29 is 4.79 Å². The molecule has 4 heteroatoms. The van der Waals surface area contributed by atoms with Crippen LogP contribution in [0.1, 0.15) is 34.5 Å². The highest BCUT2D eigenvalue weighted by molar-refractivity contribution is 5.92. The number of amides is 1. The Morgan fingerprint density at radius 2 is 1.80 bits per heavy atom. The molecule has 0 aliphatic heterocycles. The number of rotatable bonds is 2. The Hall–Kier alpha value is -2.36. The summed E-state index contributed by atoms with van der Waals surface area (Å²) in [5.41, 5.74) is 7.94. The van der Waals surface area contributed by atoms with Crippen molar-refractivity contribution in [3.05, 3.63) is 63.6 Å². The van der Waals surface area contributed by atoms with Crippen molar-refractivity contribution >= 4 is 5.91 Å². The van der Waals surface area contributed by atoms with Crippen LogP contribution in [0.2, 0.25) is 0 Å². The number of primary amides is 1. The molecule has 2 N–H and O–H groups in total. The zero-order chi connectivity index (χ0) is 14.1. The minimum atomic E-state index is -0.659. The predicted molar refractivity (Wildman–Crippen MR) is 77.2 cm³/mol. The Morgan fingerprint density at radius 3 is 2.50 bits per heavy atom. The van der Waals surface area contributed by atoms with Crippen LogP contribution in [0.3, 0.4) is 0 Å². The molecule has 0 fully saturated rings. The molecule has 0 atom stereocenters. The summed E-state index contributed by atoms with van der Waals surface area (Å²) in [7, 11) is 0. The highest BCUT2D eigenvalue weighted by atomic mass is 16.2. The summed E-state index contributed by atoms with van der Waals surface area (Å²) >= 11 is 0. The van der Waals surface area contributed by atoms with Gasteiger partial charge in [0.15, 0.2) is 5.43 Å². The number of nitrogens with zero attached hydrogens (tertiary/aromatic N) is 1. The van der Waals surface area contributed by atoms with Gasteiger partial charge in [0.05, 0.1) is 0 Å². The van der Waals surface area contributed by atoms with Gasteiger partial charge in [0.25, 0.3) is 5.91 Å². The van der Waals surface area contributed by atoms with Crippen LogP contribution in [0.15, 0.2) is 41.3 Å². The summed E-state index contributed by atoms with van der Waals surface area (Å²) in [6.07, 6.45) is 5.22. The van der Waals surface area contributed by atoms with Crippen molar-refractivity contribution in [1.29, 1.82) is 0 Å². The second-order valence-corrected chi connectivity index (χ2v) is 5.07. The third-order valence-electron chi connectivity index (χ3n) is 3.81. The van der Waals surface area contributed by atoms with Gasteiger partial charge in [0.1, 0.15) is 5.56 Å². The van der Waals surface area contributed by atoms with Gasteiger partial charge in [0, 0.05) is 23.1 Å². The van der Waals surface area contributed by atoms with Gasteiger partial charge >= 0.3 is 0 Å². The second-order valence-electron chi connectivity index (χ2n) is 5.07. The highest BCUT2D eigenvalue weighted by Crippen LogP contribution is 2.22. The lowest BCUT2D eigenvalue weighted by atomic mass is 9.93. The van der Waals surface area contributed by atoms with Crippen molar-refractivity contribution in [3.8, 4) is 5.69 Å². The summed E-state index contributed by atoms with van der Waals surface area (Å²) in [5, 5.41) is 0. The third kappa shape index (κ3) is 2.03. The van der Waals surface area contributed by atoms with Crippen molar-refractivity contribution in [2.24, 2.45) is 5.73 Å². The van der Waals surface area contributed by atoms with E-state index in [4.69, 9.17) is 5.73 Å². The van der Waals surface area contributed by atoms with Crippen molar-refractivity contribution in [2.45, 2.75) is 25.7 Å². The molecule has 20 heavy (non-hydrogen) atoms. The zero-order valence-electron chi connectivity index (χ0n) is 11.1. The normalized spacial score (nSPS) is 13.8. The van der Waals surface area contributed by atoms with Gasteiger partial charge in [-0.15, -0.1) is 0 Å². The lowest BCUT2D eigenvalue weighted by molar-refractivity contribution is 0.0998. The lowest BCUT2D eigenvalue weighted by Crippen LogP contribution is -2.30. The summed E-state index contributed by atoms with van der Waals surface area (Å²) in [4.78, 5) is 23.8. The topological polar surface area (TPSA) is 65.1 Å². The Balaban J connectivity index is 2.31. The summed E-state index contributed by atoms with van der Waals surface area (Å²) < 4.78 is 1.94. The molecule has 0 radical (unpaired) electrons. The fraction of sp³-hybridized carbons (Fsp3) is 0.250. The standard InChI is InChI=1S/C16H16N2O2/c17-16(20)13-10-18(11-6-2-1-3-7-11)14-9-5-4-8-12(14)15(13)19/h1-3,6-7,10H,4-5,8-9H2,(H2,17,20). The summed E-state index contributed by atoms with van der Waals surface area (Å²) in [6, 6.07) is 9.74. The first kappa shape index (κ1) is 12.7. The Labute approximate surface area is 116 Å². The maximum absolute atomic E-state index is 12.3. The van der Waals surface area contributed by atoms with E-state index < -0.39 is 5.91 Å². The predicted octanol–water partition coefficient (Wildman–Crippen LogP) is 1.82. The first-order valence-corrected chi connectivity index (χ1v) is 6.81. The van der Waals surface area contributed by atoms with E-state index in [0.717, 1.165) is 42.6 Å². The molecule has 0 spiro atoms. The first-order valence-electron chi connectivity index (χ1n) is 6.81. The molecule has 3 rings (SSSR count). The minimum absolute atomic E-state index is 0.0782. The molecule has 0 saturated heterocycles. The Kier molecular flexibility index (Phi) is 3.14. The average molecular weight is 268 g/mol. The van der Waals surface area contributed by atoms with Gasteiger partial charge < -0.3 is 10.3 Å². The molecular formula is C16H16N2O2. The van der Waals surface area contributed by atoms with E-state index in [0.29, 0.717) is 0 Å². The highest BCUT2D eigenvalue weighted by Gasteiger charge is 2.21. The van der Waals surface area contributed by atoms with Gasteiger partial charge in [-0.3, -0.25) is 9.59 Å². The molecule has 102 valence electrons. The van der Waals surface area contributed by atoms with Crippen LogP contribution < -0.4 is 11.2 Å². The lowest BCUT2D eigenvalue weighted by Gasteiger charge is -2.22. The molecule has 4 nitrogen and oxygen atoms in total. The number of hydrogen-bond donors (Lipinski definition) is 1. The zero-order valence-corrected chi connectivity index (χ0v) is 11.1. The number of hydrogen-bond acceptors (Lipinski definition) is 2. The van der Waals surface area contributed by atoms with E-state index in [1.54, 1.807) is 6.20 Å². The fourth-order valence-electron chi connectivity index (χ4n) is 2.82. The molecular weight excluding hydrogens is 252 g/mol. The van der Waals surface area contributed by atoms with Crippen LogP contribution in [-0.4, -0.2) is 10.5 Å². The van der Waals surface area contributed by atoms with Crippen LogP contribution in [0.25, 0.3) is 5.69 Å². The number of carbonyl (C=O) groups is 1. The SMILES string of the molecule is NC(=O)c1cn(-c2ccccc2)c2c(c1=O)CCCC2. The smallest absolute Gasteiger partial charge is 0.254 e.